The predicted molar refractivity (Wildman–Crippen MR) is 115 cm³/mol. The molecule has 0 fully saturated rings. The number of carbonyl (C=O) groups excluding carboxylic acids is 1. The highest BCUT2D eigenvalue weighted by atomic mass is 16.3. The van der Waals surface area contributed by atoms with Crippen LogP contribution < -0.4 is 5.32 Å². The summed E-state index contributed by atoms with van der Waals surface area (Å²) < 4.78 is 5.64. The van der Waals surface area contributed by atoms with E-state index in [1.165, 1.54) is 0 Å². The maximum absolute atomic E-state index is 12.5. The first kappa shape index (κ1) is 18.6. The Morgan fingerprint density at radius 2 is 1.62 bits per heavy atom. The van der Waals surface area contributed by atoms with E-state index in [1.807, 2.05) is 74.5 Å². The minimum absolute atomic E-state index is 0.0914. The van der Waals surface area contributed by atoms with Gasteiger partial charge in [0.05, 0.1) is 24.1 Å². The number of hydrogen-bond donors (Lipinski definition) is 1. The van der Waals surface area contributed by atoms with Crippen molar-refractivity contribution in [3.63, 3.8) is 0 Å². The van der Waals surface area contributed by atoms with Crippen molar-refractivity contribution in [1.29, 1.82) is 0 Å². The largest absolute Gasteiger partial charge is 0.464 e. The number of hydrogen-bond acceptors (Lipinski definition) is 4. The first-order valence-electron chi connectivity index (χ1n) is 9.42. The molecule has 4 aromatic rings. The van der Waals surface area contributed by atoms with Crippen LogP contribution in [0.3, 0.4) is 0 Å². The van der Waals surface area contributed by atoms with Crippen LogP contribution in [-0.4, -0.2) is 5.91 Å². The summed E-state index contributed by atoms with van der Waals surface area (Å²) in [5.41, 5.74) is 6.20. The number of rotatable bonds is 5. The lowest BCUT2D eigenvalue weighted by Crippen LogP contribution is -2.14. The Labute approximate surface area is 169 Å². The maximum atomic E-state index is 12.5. The third-order valence-electron chi connectivity index (χ3n) is 4.63. The molecule has 3 aromatic carbocycles. The standard InChI is InChI=1S/C24H21N3O2/c1-16-12-17(2)24-18(15-29-22(24)13-16)14-23(28)25-19-8-10-21(11-9-19)27-26-20-6-4-3-5-7-20/h3-13,15H,14H2,1-2H3,(H,25,28). The van der Waals surface area contributed by atoms with Gasteiger partial charge in [-0.15, -0.1) is 0 Å². The molecule has 0 aliphatic rings. The highest BCUT2D eigenvalue weighted by Crippen LogP contribution is 2.27. The van der Waals surface area contributed by atoms with E-state index in [1.54, 1.807) is 6.26 Å². The predicted octanol–water partition coefficient (Wildman–Crippen LogP) is 6.65. The molecule has 29 heavy (non-hydrogen) atoms. The van der Waals surface area contributed by atoms with Crippen molar-refractivity contribution in [2.24, 2.45) is 10.2 Å². The number of fused-ring (bicyclic) bond motifs is 1. The number of benzene rings is 3. The number of furan rings is 1. The number of amides is 1. The van der Waals surface area contributed by atoms with Gasteiger partial charge in [0.15, 0.2) is 0 Å². The molecule has 0 aliphatic heterocycles. The molecule has 0 unspecified atom stereocenters. The second-order valence-electron chi connectivity index (χ2n) is 7.02. The third kappa shape index (κ3) is 4.41. The van der Waals surface area contributed by atoms with Crippen LogP contribution in [0.25, 0.3) is 11.0 Å². The highest BCUT2D eigenvalue weighted by molar-refractivity contribution is 5.96. The van der Waals surface area contributed by atoms with E-state index >= 15 is 0 Å². The zero-order chi connectivity index (χ0) is 20.2. The van der Waals surface area contributed by atoms with Gasteiger partial charge in [0.1, 0.15) is 5.58 Å². The Bertz CT molecular complexity index is 1180. The molecule has 0 saturated carbocycles. The minimum Gasteiger partial charge on any atom is -0.464 e. The molecule has 0 bridgehead atoms. The van der Waals surface area contributed by atoms with Crippen LogP contribution in [0.4, 0.5) is 17.1 Å². The van der Waals surface area contributed by atoms with E-state index in [0.29, 0.717) is 5.69 Å². The van der Waals surface area contributed by atoms with Crippen LogP contribution in [0.5, 0.6) is 0 Å². The zero-order valence-electron chi connectivity index (χ0n) is 16.3. The SMILES string of the molecule is Cc1cc(C)c2c(CC(=O)Nc3ccc(N=Nc4ccccc4)cc3)coc2c1. The Kier molecular flexibility index (Phi) is 5.20. The second-order valence-corrected chi connectivity index (χ2v) is 7.02. The molecule has 0 aliphatic carbocycles. The summed E-state index contributed by atoms with van der Waals surface area (Å²) in [5, 5.41) is 12.3. The molecular formula is C24H21N3O2. The van der Waals surface area contributed by atoms with E-state index in [-0.39, 0.29) is 12.3 Å². The number of nitrogens with one attached hydrogen (secondary N) is 1. The molecule has 1 aromatic heterocycles. The van der Waals surface area contributed by atoms with Crippen molar-refractivity contribution in [3.05, 3.63) is 89.7 Å². The zero-order valence-corrected chi connectivity index (χ0v) is 16.3. The summed E-state index contributed by atoms with van der Waals surface area (Å²) in [6.45, 7) is 4.07. The van der Waals surface area contributed by atoms with Crippen molar-refractivity contribution >= 4 is 33.9 Å². The average Bonchev–Trinajstić information content (AvgIpc) is 3.11. The van der Waals surface area contributed by atoms with Gasteiger partial charge < -0.3 is 9.73 Å². The van der Waals surface area contributed by atoms with Gasteiger partial charge in [-0.3, -0.25) is 4.79 Å². The van der Waals surface area contributed by atoms with Crippen LogP contribution in [0, 0.1) is 13.8 Å². The fourth-order valence-electron chi connectivity index (χ4n) is 3.36. The number of nitrogens with zero attached hydrogens (tertiary/aromatic N) is 2. The van der Waals surface area contributed by atoms with E-state index in [4.69, 9.17) is 4.42 Å². The maximum Gasteiger partial charge on any atom is 0.228 e. The molecule has 5 heteroatoms. The molecule has 0 atom stereocenters. The fourth-order valence-corrected chi connectivity index (χ4v) is 3.36. The Balaban J connectivity index is 1.42. The lowest BCUT2D eigenvalue weighted by molar-refractivity contribution is -0.115. The Morgan fingerprint density at radius 3 is 2.34 bits per heavy atom. The topological polar surface area (TPSA) is 67.0 Å². The van der Waals surface area contributed by atoms with Gasteiger partial charge in [0.25, 0.3) is 0 Å². The molecule has 0 spiro atoms. The van der Waals surface area contributed by atoms with Crippen LogP contribution in [0.2, 0.25) is 0 Å². The normalized spacial score (nSPS) is 11.2. The van der Waals surface area contributed by atoms with Crippen LogP contribution in [-0.2, 0) is 11.2 Å². The molecule has 1 heterocycles. The molecule has 0 radical (unpaired) electrons. The van der Waals surface area contributed by atoms with Crippen molar-refractivity contribution in [3.8, 4) is 0 Å². The van der Waals surface area contributed by atoms with E-state index in [0.717, 1.165) is 39.0 Å². The number of carbonyl (C=O) groups is 1. The van der Waals surface area contributed by atoms with Gasteiger partial charge in [-0.2, -0.15) is 10.2 Å². The second kappa shape index (κ2) is 8.10. The molecule has 5 nitrogen and oxygen atoms in total. The summed E-state index contributed by atoms with van der Waals surface area (Å²) in [6, 6.07) is 20.9. The average molecular weight is 383 g/mol. The summed E-state index contributed by atoms with van der Waals surface area (Å²) in [4.78, 5) is 12.5. The Hall–Kier alpha value is -3.73. The van der Waals surface area contributed by atoms with Crippen molar-refractivity contribution in [1.82, 2.24) is 0 Å². The van der Waals surface area contributed by atoms with Crippen LogP contribution in [0.1, 0.15) is 16.7 Å². The van der Waals surface area contributed by atoms with Gasteiger partial charge in [0.2, 0.25) is 5.91 Å². The molecular weight excluding hydrogens is 362 g/mol. The summed E-state index contributed by atoms with van der Waals surface area (Å²) in [6.07, 6.45) is 1.93. The molecule has 4 rings (SSSR count). The number of anilines is 1. The van der Waals surface area contributed by atoms with Gasteiger partial charge in [0, 0.05) is 16.6 Å². The first-order valence-corrected chi connectivity index (χ1v) is 9.42. The highest BCUT2D eigenvalue weighted by Gasteiger charge is 2.13. The molecule has 144 valence electrons. The van der Waals surface area contributed by atoms with E-state index in [9.17, 15) is 4.79 Å². The van der Waals surface area contributed by atoms with Gasteiger partial charge >= 0.3 is 0 Å². The summed E-state index contributed by atoms with van der Waals surface area (Å²) in [5.74, 6) is -0.0914. The lowest BCUT2D eigenvalue weighted by Gasteiger charge is -2.06. The lowest BCUT2D eigenvalue weighted by atomic mass is 10.0. The first-order chi connectivity index (χ1) is 14.1. The summed E-state index contributed by atoms with van der Waals surface area (Å²) >= 11 is 0. The van der Waals surface area contributed by atoms with Crippen LogP contribution >= 0.6 is 0 Å². The van der Waals surface area contributed by atoms with Gasteiger partial charge in [-0.1, -0.05) is 24.3 Å². The number of azo groups is 1. The van der Waals surface area contributed by atoms with Crippen molar-refractivity contribution in [2.45, 2.75) is 20.3 Å². The minimum atomic E-state index is -0.0914. The Morgan fingerprint density at radius 1 is 0.931 bits per heavy atom. The molecule has 1 N–H and O–H groups in total. The number of aryl methyl sites for hydroxylation is 2. The van der Waals surface area contributed by atoms with Gasteiger partial charge in [-0.25, -0.2) is 0 Å². The fraction of sp³-hybridized carbons (Fsp3) is 0.125. The molecule has 0 saturated heterocycles. The molecule has 1 amide bonds. The summed E-state index contributed by atoms with van der Waals surface area (Å²) in [7, 11) is 0. The third-order valence-corrected chi connectivity index (χ3v) is 4.63. The van der Waals surface area contributed by atoms with Crippen LogP contribution in [0.15, 0.2) is 87.6 Å². The van der Waals surface area contributed by atoms with Gasteiger partial charge in [-0.05, 0) is 67.4 Å². The smallest absolute Gasteiger partial charge is 0.228 e. The van der Waals surface area contributed by atoms with Crippen molar-refractivity contribution < 1.29 is 9.21 Å². The van der Waals surface area contributed by atoms with E-state index in [2.05, 4.69) is 21.6 Å². The quantitative estimate of drug-likeness (QED) is 0.392. The monoisotopic (exact) mass is 383 g/mol. The van der Waals surface area contributed by atoms with Crippen molar-refractivity contribution in [2.75, 3.05) is 5.32 Å². The van der Waals surface area contributed by atoms with E-state index < -0.39 is 0 Å².